The Labute approximate surface area is 134 Å². The molecule has 1 aliphatic carbocycles. The normalized spacial score (nSPS) is 25.8. The van der Waals surface area contributed by atoms with Crippen molar-refractivity contribution in [2.45, 2.75) is 32.1 Å². The van der Waals surface area contributed by atoms with Crippen molar-refractivity contribution in [1.29, 1.82) is 0 Å². The van der Waals surface area contributed by atoms with Crippen molar-refractivity contribution < 1.29 is 14.0 Å². The van der Waals surface area contributed by atoms with Crippen LogP contribution in [0.2, 0.25) is 0 Å². The number of hydrogen-bond donors (Lipinski definition) is 2. The standard InChI is InChI=1S/C17H20FN3O2/c18-13-7-14-10(4-5-16(22)19-14)6-15(13)20-17(23)21-8-11-2-1-3-12(11)9-21/h6-7,11-12H,1-5,8-9H2,(H,19,22)(H,20,23). The van der Waals surface area contributed by atoms with Gasteiger partial charge in [-0.3, -0.25) is 4.79 Å². The molecule has 1 saturated heterocycles. The zero-order valence-corrected chi connectivity index (χ0v) is 12.9. The van der Waals surface area contributed by atoms with Crippen LogP contribution in [-0.4, -0.2) is 29.9 Å². The van der Waals surface area contributed by atoms with Gasteiger partial charge in [-0.15, -0.1) is 0 Å². The van der Waals surface area contributed by atoms with Gasteiger partial charge in [0, 0.05) is 25.2 Å². The Balaban J connectivity index is 1.48. The van der Waals surface area contributed by atoms with Gasteiger partial charge in [0.1, 0.15) is 5.82 Å². The van der Waals surface area contributed by atoms with Crippen LogP contribution >= 0.6 is 0 Å². The second kappa shape index (κ2) is 5.51. The number of carbonyl (C=O) groups is 2. The number of halogens is 1. The number of nitrogens with one attached hydrogen (secondary N) is 2. The van der Waals surface area contributed by atoms with Gasteiger partial charge < -0.3 is 15.5 Å². The number of likely N-dealkylation sites (tertiary alicyclic amines) is 1. The third-order valence-corrected chi connectivity index (χ3v) is 5.34. The number of amides is 3. The quantitative estimate of drug-likeness (QED) is 0.836. The molecule has 2 N–H and O–H groups in total. The molecule has 2 aliphatic heterocycles. The fraction of sp³-hybridized carbons (Fsp3) is 0.529. The van der Waals surface area contributed by atoms with Crippen LogP contribution in [0.5, 0.6) is 0 Å². The Bertz CT molecular complexity index is 664. The number of aryl methyl sites for hydroxylation is 1. The van der Waals surface area contributed by atoms with Crippen LogP contribution in [0, 0.1) is 17.7 Å². The molecule has 5 nitrogen and oxygen atoms in total. The molecule has 122 valence electrons. The van der Waals surface area contributed by atoms with E-state index in [4.69, 9.17) is 0 Å². The van der Waals surface area contributed by atoms with Gasteiger partial charge in [-0.1, -0.05) is 6.42 Å². The molecule has 0 radical (unpaired) electrons. The Morgan fingerprint density at radius 1 is 1.22 bits per heavy atom. The van der Waals surface area contributed by atoms with Gasteiger partial charge >= 0.3 is 6.03 Å². The SMILES string of the molecule is O=C1CCc2cc(NC(=O)N3CC4CCCC4C3)c(F)cc2N1. The lowest BCUT2D eigenvalue weighted by atomic mass is 10.0. The largest absolute Gasteiger partial charge is 0.326 e. The number of nitrogens with zero attached hydrogens (tertiary/aromatic N) is 1. The third kappa shape index (κ3) is 2.66. The first kappa shape index (κ1) is 14.5. The van der Waals surface area contributed by atoms with Gasteiger partial charge in [0.15, 0.2) is 0 Å². The Kier molecular flexibility index (Phi) is 3.47. The monoisotopic (exact) mass is 317 g/mol. The first-order valence-electron chi connectivity index (χ1n) is 8.28. The summed E-state index contributed by atoms with van der Waals surface area (Å²) in [7, 11) is 0. The van der Waals surface area contributed by atoms with Gasteiger partial charge in [-0.25, -0.2) is 9.18 Å². The first-order valence-corrected chi connectivity index (χ1v) is 8.28. The van der Waals surface area contributed by atoms with Crippen molar-refractivity contribution in [3.8, 4) is 0 Å². The number of hydrogen-bond acceptors (Lipinski definition) is 2. The first-order chi connectivity index (χ1) is 11.1. The second-order valence-corrected chi connectivity index (χ2v) is 6.82. The number of carbonyl (C=O) groups excluding carboxylic acids is 2. The average Bonchev–Trinajstić information content (AvgIpc) is 3.09. The van der Waals surface area contributed by atoms with Crippen molar-refractivity contribution in [2.75, 3.05) is 23.7 Å². The van der Waals surface area contributed by atoms with Crippen LogP contribution < -0.4 is 10.6 Å². The average molecular weight is 317 g/mol. The highest BCUT2D eigenvalue weighted by molar-refractivity contribution is 5.95. The molecule has 4 rings (SSSR count). The van der Waals surface area contributed by atoms with E-state index in [1.54, 1.807) is 11.0 Å². The zero-order valence-electron chi connectivity index (χ0n) is 12.9. The molecule has 2 unspecified atom stereocenters. The number of fused-ring (bicyclic) bond motifs is 2. The highest BCUT2D eigenvalue weighted by Gasteiger charge is 2.38. The van der Waals surface area contributed by atoms with Gasteiger partial charge in [-0.2, -0.15) is 0 Å². The Morgan fingerprint density at radius 3 is 2.70 bits per heavy atom. The molecule has 2 heterocycles. The topological polar surface area (TPSA) is 61.4 Å². The van der Waals surface area contributed by atoms with Crippen molar-refractivity contribution in [1.82, 2.24) is 4.90 Å². The Hall–Kier alpha value is -2.11. The van der Waals surface area contributed by atoms with Crippen LogP contribution in [0.25, 0.3) is 0 Å². The lowest BCUT2D eigenvalue weighted by Gasteiger charge is -2.21. The summed E-state index contributed by atoms with van der Waals surface area (Å²) in [6, 6.07) is 2.71. The third-order valence-electron chi connectivity index (χ3n) is 5.34. The lowest BCUT2D eigenvalue weighted by Crippen LogP contribution is -2.34. The maximum Gasteiger partial charge on any atom is 0.321 e. The summed E-state index contributed by atoms with van der Waals surface area (Å²) in [6.45, 7) is 1.55. The molecule has 23 heavy (non-hydrogen) atoms. The highest BCUT2D eigenvalue weighted by atomic mass is 19.1. The van der Waals surface area contributed by atoms with Crippen molar-refractivity contribution >= 4 is 23.3 Å². The molecule has 3 amide bonds. The maximum absolute atomic E-state index is 14.2. The number of rotatable bonds is 1. The minimum Gasteiger partial charge on any atom is -0.326 e. The number of anilines is 2. The minimum absolute atomic E-state index is 0.0997. The summed E-state index contributed by atoms with van der Waals surface area (Å²) in [4.78, 5) is 25.6. The maximum atomic E-state index is 14.2. The van der Waals surface area contributed by atoms with Crippen molar-refractivity contribution in [3.05, 3.63) is 23.5 Å². The van der Waals surface area contributed by atoms with E-state index < -0.39 is 5.82 Å². The predicted octanol–water partition coefficient (Wildman–Crippen LogP) is 2.97. The molecule has 2 fully saturated rings. The molecule has 1 saturated carbocycles. The summed E-state index contributed by atoms with van der Waals surface area (Å²) in [5.74, 6) is 0.615. The molecular weight excluding hydrogens is 297 g/mol. The molecule has 3 aliphatic rings. The predicted molar refractivity (Wildman–Crippen MR) is 84.8 cm³/mol. The van der Waals surface area contributed by atoms with E-state index in [0.29, 0.717) is 30.4 Å². The van der Waals surface area contributed by atoms with E-state index in [1.165, 1.54) is 25.3 Å². The van der Waals surface area contributed by atoms with E-state index in [0.717, 1.165) is 18.7 Å². The fourth-order valence-electron chi connectivity index (χ4n) is 4.09. The summed E-state index contributed by atoms with van der Waals surface area (Å²) in [6.07, 6.45) is 4.61. The van der Waals surface area contributed by atoms with Gasteiger partial charge in [0.05, 0.1) is 5.69 Å². The van der Waals surface area contributed by atoms with Gasteiger partial charge in [-0.05, 0) is 48.8 Å². The Morgan fingerprint density at radius 2 is 1.96 bits per heavy atom. The van der Waals surface area contributed by atoms with Crippen molar-refractivity contribution in [2.24, 2.45) is 11.8 Å². The van der Waals surface area contributed by atoms with Gasteiger partial charge in [0.2, 0.25) is 5.91 Å². The molecular formula is C17H20FN3O2. The molecule has 1 aromatic carbocycles. The molecule has 0 aromatic heterocycles. The van der Waals surface area contributed by atoms with Gasteiger partial charge in [0.25, 0.3) is 0 Å². The number of benzene rings is 1. The van der Waals surface area contributed by atoms with E-state index in [-0.39, 0.29) is 17.6 Å². The summed E-state index contributed by atoms with van der Waals surface area (Å²) >= 11 is 0. The zero-order chi connectivity index (χ0) is 16.0. The molecule has 6 heteroatoms. The highest BCUT2D eigenvalue weighted by Crippen LogP contribution is 2.38. The fourth-order valence-corrected chi connectivity index (χ4v) is 4.09. The van der Waals surface area contributed by atoms with Crippen LogP contribution in [0.15, 0.2) is 12.1 Å². The summed E-state index contributed by atoms with van der Waals surface area (Å²) < 4.78 is 14.2. The van der Waals surface area contributed by atoms with E-state index in [9.17, 15) is 14.0 Å². The minimum atomic E-state index is -0.515. The van der Waals surface area contributed by atoms with E-state index in [2.05, 4.69) is 10.6 Å². The van der Waals surface area contributed by atoms with Crippen LogP contribution in [0.1, 0.15) is 31.2 Å². The molecule has 0 spiro atoms. The smallest absolute Gasteiger partial charge is 0.321 e. The van der Waals surface area contributed by atoms with Crippen LogP contribution in [0.3, 0.4) is 0 Å². The van der Waals surface area contributed by atoms with Crippen LogP contribution in [0.4, 0.5) is 20.6 Å². The van der Waals surface area contributed by atoms with E-state index >= 15 is 0 Å². The van der Waals surface area contributed by atoms with Crippen molar-refractivity contribution in [3.63, 3.8) is 0 Å². The molecule has 1 aromatic rings. The van der Waals surface area contributed by atoms with Crippen LogP contribution in [-0.2, 0) is 11.2 Å². The lowest BCUT2D eigenvalue weighted by molar-refractivity contribution is -0.116. The second-order valence-electron chi connectivity index (χ2n) is 6.82. The molecule has 2 atom stereocenters. The van der Waals surface area contributed by atoms with E-state index in [1.807, 2.05) is 0 Å². The summed E-state index contributed by atoms with van der Waals surface area (Å²) in [5.41, 5.74) is 1.56. The summed E-state index contributed by atoms with van der Waals surface area (Å²) in [5, 5.41) is 5.36. The number of urea groups is 1. The molecule has 0 bridgehead atoms.